The van der Waals surface area contributed by atoms with Crippen molar-refractivity contribution in [2.75, 3.05) is 5.01 Å². The van der Waals surface area contributed by atoms with Gasteiger partial charge in [-0.1, -0.05) is 34.1 Å². The number of hydrogen-bond acceptors (Lipinski definition) is 5. The van der Waals surface area contributed by atoms with Crippen LogP contribution in [0.25, 0.3) is 11.8 Å². The van der Waals surface area contributed by atoms with Gasteiger partial charge in [-0.2, -0.15) is 10.1 Å². The molecule has 0 unspecified atom stereocenters. The summed E-state index contributed by atoms with van der Waals surface area (Å²) in [4.78, 5) is 39.8. The Morgan fingerprint density at radius 1 is 1.00 bits per heavy atom. The maximum atomic E-state index is 12.9. The Hall–Kier alpha value is -3.72. The van der Waals surface area contributed by atoms with Crippen LogP contribution in [-0.4, -0.2) is 26.3 Å². The van der Waals surface area contributed by atoms with Crippen LogP contribution in [-0.2, 0) is 4.79 Å². The number of hydrazone groups is 1. The molecule has 0 saturated carbocycles. The van der Waals surface area contributed by atoms with Crippen LogP contribution in [0.1, 0.15) is 12.5 Å². The third kappa shape index (κ3) is 3.39. The number of H-pyrrole nitrogens is 1. The topological polar surface area (TPSA) is 108 Å². The zero-order valence-corrected chi connectivity index (χ0v) is 17.3. The number of halogens is 1. The minimum Gasteiger partial charge on any atom is -0.494 e. The highest BCUT2D eigenvalue weighted by Gasteiger charge is 2.29. The number of aromatic amines is 1. The molecule has 1 aliphatic heterocycles. The first-order valence-electron chi connectivity index (χ1n) is 8.88. The first kappa shape index (κ1) is 19.6. The number of aromatic nitrogens is 2. The number of amides is 1. The van der Waals surface area contributed by atoms with Crippen LogP contribution in [0, 0.1) is 0 Å². The predicted octanol–water partition coefficient (Wildman–Crippen LogP) is 2.80. The number of hydrogen-bond donors (Lipinski definition) is 2. The van der Waals surface area contributed by atoms with E-state index >= 15 is 0 Å². The number of nitrogens with zero attached hydrogens (tertiary/aromatic N) is 3. The van der Waals surface area contributed by atoms with E-state index in [4.69, 9.17) is 0 Å². The van der Waals surface area contributed by atoms with Gasteiger partial charge < -0.3 is 5.11 Å². The van der Waals surface area contributed by atoms with E-state index < -0.39 is 23.0 Å². The van der Waals surface area contributed by atoms with Gasteiger partial charge >= 0.3 is 5.69 Å². The third-order valence-corrected chi connectivity index (χ3v) is 5.09. The van der Waals surface area contributed by atoms with Gasteiger partial charge in [-0.15, -0.1) is 0 Å². The Labute approximate surface area is 178 Å². The first-order chi connectivity index (χ1) is 14.4. The van der Waals surface area contributed by atoms with Gasteiger partial charge in [0.05, 0.1) is 22.7 Å². The molecule has 0 aliphatic carbocycles. The fourth-order valence-corrected chi connectivity index (χ4v) is 3.34. The smallest absolute Gasteiger partial charge is 0.335 e. The Morgan fingerprint density at radius 3 is 2.33 bits per heavy atom. The number of aromatic hydroxyl groups is 1. The van der Waals surface area contributed by atoms with Gasteiger partial charge in [0, 0.05) is 4.47 Å². The van der Waals surface area contributed by atoms with Crippen molar-refractivity contribution >= 4 is 39.3 Å². The van der Waals surface area contributed by atoms with Crippen LogP contribution in [0.2, 0.25) is 0 Å². The maximum absolute atomic E-state index is 12.9. The second-order valence-electron chi connectivity index (χ2n) is 6.50. The Morgan fingerprint density at radius 2 is 1.67 bits per heavy atom. The molecule has 1 amide bonds. The van der Waals surface area contributed by atoms with E-state index in [1.807, 2.05) is 6.07 Å². The van der Waals surface area contributed by atoms with E-state index in [0.29, 0.717) is 17.1 Å². The number of para-hydroxylation sites is 1. The van der Waals surface area contributed by atoms with Crippen molar-refractivity contribution in [2.24, 2.45) is 5.10 Å². The lowest BCUT2D eigenvalue weighted by molar-refractivity contribution is -0.114. The minimum absolute atomic E-state index is 0.139. The number of nitrogens with one attached hydrogen (secondary N) is 1. The van der Waals surface area contributed by atoms with Gasteiger partial charge in [-0.25, -0.2) is 9.36 Å². The molecule has 0 atom stereocenters. The molecule has 30 heavy (non-hydrogen) atoms. The summed E-state index contributed by atoms with van der Waals surface area (Å²) >= 11 is 3.30. The van der Waals surface area contributed by atoms with Crippen molar-refractivity contribution < 1.29 is 9.90 Å². The molecule has 2 N–H and O–H groups in total. The average molecular weight is 467 g/mol. The van der Waals surface area contributed by atoms with E-state index in [-0.39, 0.29) is 11.1 Å². The molecular weight excluding hydrogens is 452 g/mol. The van der Waals surface area contributed by atoms with Crippen molar-refractivity contribution in [1.29, 1.82) is 0 Å². The molecule has 0 radical (unpaired) electrons. The molecule has 9 heteroatoms. The van der Waals surface area contributed by atoms with Crippen LogP contribution in [0.3, 0.4) is 0 Å². The van der Waals surface area contributed by atoms with E-state index in [0.717, 1.165) is 9.04 Å². The van der Waals surface area contributed by atoms with Crippen molar-refractivity contribution in [1.82, 2.24) is 9.55 Å². The van der Waals surface area contributed by atoms with E-state index in [1.54, 1.807) is 55.5 Å². The van der Waals surface area contributed by atoms with Gasteiger partial charge in [-0.3, -0.25) is 14.6 Å². The number of benzene rings is 2. The maximum Gasteiger partial charge on any atom is 0.335 e. The standard InChI is InChI=1S/C21H15BrN4O4/c1-12-16(20(29)26(24-12)15-5-3-2-4-6-15)11-17-18(27)23-21(30)25(19(17)28)14-9-7-13(22)8-10-14/h2-11,28H,1H3,(H,23,27,30). The fraction of sp³-hybridized carbons (Fsp3) is 0.0476. The van der Waals surface area contributed by atoms with Crippen LogP contribution < -0.4 is 16.3 Å². The lowest BCUT2D eigenvalue weighted by Crippen LogP contribution is -2.30. The van der Waals surface area contributed by atoms with Gasteiger partial charge in [-0.05, 0) is 49.4 Å². The monoisotopic (exact) mass is 466 g/mol. The summed E-state index contributed by atoms with van der Waals surface area (Å²) in [6.45, 7) is 1.63. The van der Waals surface area contributed by atoms with Crippen LogP contribution in [0.5, 0.6) is 5.88 Å². The summed E-state index contributed by atoms with van der Waals surface area (Å²) in [5, 5.41) is 16.2. The fourth-order valence-electron chi connectivity index (χ4n) is 3.07. The summed E-state index contributed by atoms with van der Waals surface area (Å²) in [6, 6.07) is 15.4. The van der Waals surface area contributed by atoms with Crippen molar-refractivity contribution in [3.63, 3.8) is 0 Å². The third-order valence-electron chi connectivity index (χ3n) is 4.56. The van der Waals surface area contributed by atoms with Crippen LogP contribution in [0.15, 0.2) is 79.3 Å². The Bertz CT molecular complexity index is 1320. The molecule has 0 fully saturated rings. The van der Waals surface area contributed by atoms with Crippen molar-refractivity contribution in [3.05, 3.63) is 91.0 Å². The largest absolute Gasteiger partial charge is 0.494 e. The molecule has 8 nitrogen and oxygen atoms in total. The highest BCUT2D eigenvalue weighted by atomic mass is 79.9. The van der Waals surface area contributed by atoms with Gasteiger partial charge in [0.25, 0.3) is 11.5 Å². The van der Waals surface area contributed by atoms with Gasteiger partial charge in [0.1, 0.15) is 5.56 Å². The average Bonchev–Trinajstić information content (AvgIpc) is 3.01. The second-order valence-corrected chi connectivity index (χ2v) is 7.42. The van der Waals surface area contributed by atoms with E-state index in [2.05, 4.69) is 26.0 Å². The zero-order chi connectivity index (χ0) is 21.4. The summed E-state index contributed by atoms with van der Waals surface area (Å²) in [5.41, 5.74) is -0.378. The molecule has 0 saturated heterocycles. The van der Waals surface area contributed by atoms with Crippen LogP contribution in [0.4, 0.5) is 5.69 Å². The lowest BCUT2D eigenvalue weighted by atomic mass is 10.1. The molecule has 4 rings (SSSR count). The minimum atomic E-state index is -0.808. The highest BCUT2D eigenvalue weighted by Crippen LogP contribution is 2.26. The Kier molecular flexibility index (Phi) is 4.96. The highest BCUT2D eigenvalue weighted by molar-refractivity contribution is 9.10. The van der Waals surface area contributed by atoms with Crippen molar-refractivity contribution in [2.45, 2.75) is 6.92 Å². The molecule has 1 aliphatic rings. The molecule has 2 heterocycles. The number of anilines is 1. The van der Waals surface area contributed by atoms with Crippen LogP contribution >= 0.6 is 15.9 Å². The van der Waals surface area contributed by atoms with E-state index in [1.165, 1.54) is 11.1 Å². The second kappa shape index (κ2) is 7.60. The number of carbonyl (C=O) groups is 1. The van der Waals surface area contributed by atoms with E-state index in [9.17, 15) is 19.5 Å². The normalized spacial score (nSPS) is 15.0. The molecule has 150 valence electrons. The molecule has 0 spiro atoms. The summed E-state index contributed by atoms with van der Waals surface area (Å²) in [6.07, 6.45) is 1.24. The zero-order valence-electron chi connectivity index (χ0n) is 15.7. The van der Waals surface area contributed by atoms with Crippen molar-refractivity contribution in [3.8, 4) is 11.6 Å². The number of carbonyl (C=O) groups excluding carboxylic acids is 1. The molecule has 0 bridgehead atoms. The van der Waals surface area contributed by atoms with Gasteiger partial charge in [0.2, 0.25) is 5.88 Å². The molecule has 2 aromatic carbocycles. The summed E-state index contributed by atoms with van der Waals surface area (Å²) in [7, 11) is 0. The quantitative estimate of drug-likeness (QED) is 0.578. The molecule has 1 aromatic heterocycles. The Balaban J connectivity index is 1.83. The predicted molar refractivity (Wildman–Crippen MR) is 117 cm³/mol. The summed E-state index contributed by atoms with van der Waals surface area (Å²) in [5.74, 6) is -1.02. The lowest BCUT2D eigenvalue weighted by Gasteiger charge is -2.12. The molecular formula is C21H15BrN4O4. The first-order valence-corrected chi connectivity index (χ1v) is 9.67. The molecule has 3 aromatic rings. The van der Waals surface area contributed by atoms with Gasteiger partial charge in [0.15, 0.2) is 0 Å². The number of rotatable bonds is 3. The summed E-state index contributed by atoms with van der Waals surface area (Å²) < 4.78 is 1.75. The SMILES string of the molecule is CC1=NN(c2ccccc2)C(=O)C1=Cc1c(O)n(-c2ccc(Br)cc2)c(=O)[nH]c1=O.